The van der Waals surface area contributed by atoms with Crippen molar-refractivity contribution in [3.05, 3.63) is 0 Å². The van der Waals surface area contributed by atoms with Crippen molar-refractivity contribution in [3.8, 4) is 0 Å². The molecule has 12 heteroatoms. The van der Waals surface area contributed by atoms with E-state index in [0.29, 0.717) is 52.2 Å². The molecule has 1 aliphatic heterocycles. The van der Waals surface area contributed by atoms with Gasteiger partial charge in [0.25, 0.3) is 0 Å². The zero-order chi connectivity index (χ0) is 55.2. The van der Waals surface area contributed by atoms with Crippen molar-refractivity contribution in [2.24, 2.45) is 0 Å². The number of hydrogen-bond acceptors (Lipinski definition) is 12. The molecule has 1 fully saturated rings. The Hall–Kier alpha value is -0.150. The summed E-state index contributed by atoms with van der Waals surface area (Å²) in [5, 5.41) is 43.9. The first kappa shape index (κ1) is 73.9. The highest BCUT2D eigenvalue weighted by Crippen LogP contribution is 2.23. The van der Waals surface area contributed by atoms with Crippen LogP contribution in [0.3, 0.4) is 0 Å². The van der Waals surface area contributed by atoms with Gasteiger partial charge in [0.1, 0.15) is 6.61 Å². The summed E-state index contributed by atoms with van der Waals surface area (Å²) >= 11 is 0. The van der Waals surface area contributed by atoms with Crippen molar-refractivity contribution in [2.45, 2.75) is 309 Å². The molecule has 0 saturated carbocycles. The number of ether oxygens (including phenoxy) is 1. The summed E-state index contributed by atoms with van der Waals surface area (Å²) < 4.78 is 5.73. The van der Waals surface area contributed by atoms with Crippen LogP contribution in [0.2, 0.25) is 0 Å². The first-order valence-electron chi connectivity index (χ1n) is 33.2. The summed E-state index contributed by atoms with van der Waals surface area (Å²) in [6, 6.07) is 0. The molecule has 10 nitrogen and oxygen atoms in total. The van der Waals surface area contributed by atoms with Crippen LogP contribution in [-0.2, 0) is 9.53 Å². The average Bonchev–Trinajstić information content (AvgIpc) is 3.40. The lowest BCUT2D eigenvalue weighted by Crippen LogP contribution is -2.47. The van der Waals surface area contributed by atoms with E-state index in [0.717, 1.165) is 122 Å². The highest BCUT2D eigenvalue weighted by atomic mass is 33.1. The zero-order valence-corrected chi connectivity index (χ0v) is 52.5. The highest BCUT2D eigenvalue weighted by molar-refractivity contribution is 8.76. The fraction of sp³-hybridized carbons (Fsp3) is 0.984. The minimum Gasteiger partial charge on any atom is -0.464 e. The van der Waals surface area contributed by atoms with Gasteiger partial charge in [-0.25, -0.2) is 0 Å². The van der Waals surface area contributed by atoms with Crippen LogP contribution in [-0.4, -0.2) is 167 Å². The van der Waals surface area contributed by atoms with Crippen molar-refractivity contribution < 1.29 is 30.0 Å². The lowest BCUT2D eigenvalue weighted by atomic mass is 10.0. The third kappa shape index (κ3) is 49.6. The Kier molecular flexibility index (Phi) is 55.1. The third-order valence-electron chi connectivity index (χ3n) is 16.0. The van der Waals surface area contributed by atoms with Crippen molar-refractivity contribution in [2.75, 3.05) is 96.6 Å². The maximum absolute atomic E-state index is 12.9. The van der Waals surface area contributed by atoms with E-state index in [1.165, 1.54) is 180 Å². The van der Waals surface area contributed by atoms with Gasteiger partial charge in [-0.1, -0.05) is 255 Å². The van der Waals surface area contributed by atoms with Gasteiger partial charge in [-0.05, 0) is 58.0 Å². The first-order chi connectivity index (χ1) is 37.2. The van der Waals surface area contributed by atoms with E-state index in [2.05, 4.69) is 47.3 Å². The van der Waals surface area contributed by atoms with Crippen LogP contribution in [0, 0.1) is 0 Å². The second-order valence-electron chi connectivity index (χ2n) is 23.5. The normalized spacial score (nSPS) is 15.3. The van der Waals surface area contributed by atoms with Gasteiger partial charge in [-0.15, -0.1) is 0 Å². The Bertz CT molecular complexity index is 1130. The van der Waals surface area contributed by atoms with Crippen LogP contribution in [0.5, 0.6) is 0 Å². The van der Waals surface area contributed by atoms with Gasteiger partial charge in [0.2, 0.25) is 0 Å². The van der Waals surface area contributed by atoms with Gasteiger partial charge in [0, 0.05) is 83.4 Å². The second kappa shape index (κ2) is 56.7. The van der Waals surface area contributed by atoms with Gasteiger partial charge in [-0.2, -0.15) is 0 Å². The van der Waals surface area contributed by atoms with Crippen LogP contribution in [0.4, 0.5) is 0 Å². The molecule has 1 saturated heterocycles. The smallest absolute Gasteiger partial charge is 0.305 e. The van der Waals surface area contributed by atoms with E-state index in [1.807, 2.05) is 21.6 Å². The predicted molar refractivity (Wildman–Crippen MR) is 333 cm³/mol. The highest BCUT2D eigenvalue weighted by Gasteiger charge is 2.20. The number of nitrogens with zero attached hydrogens (tertiary/aromatic N) is 4. The number of aliphatic hydroxyl groups excluding tert-OH is 4. The molecule has 4 unspecified atom stereocenters. The molecule has 0 amide bonds. The summed E-state index contributed by atoms with van der Waals surface area (Å²) in [7, 11) is 3.98. The maximum atomic E-state index is 12.9. The molecule has 4 N–H and O–H groups in total. The van der Waals surface area contributed by atoms with E-state index in [4.69, 9.17) is 4.74 Å². The molecule has 0 bridgehead atoms. The molecule has 1 heterocycles. The molecule has 454 valence electrons. The molecule has 0 spiro atoms. The molecule has 0 aromatic heterocycles. The minimum absolute atomic E-state index is 0.141. The van der Waals surface area contributed by atoms with Gasteiger partial charge >= 0.3 is 5.97 Å². The SMILES string of the molecule is CCCCCCCCCCCCC(O)CN(CCCC(=O)OCCN1CCN(CCSSCCCCN(CC(O)CCCCCCCC)CC(O)CCCCCCCC)CC1)CC(O)CCCCCCCCCCCC. The molecular weight excluding hydrogens is 985 g/mol. The minimum atomic E-state index is -0.403. The maximum Gasteiger partial charge on any atom is 0.305 e. The lowest BCUT2D eigenvalue weighted by Gasteiger charge is -2.34. The number of esters is 1. The molecule has 0 aliphatic carbocycles. The number of piperazine rings is 1. The summed E-state index contributed by atoms with van der Waals surface area (Å²) in [6.07, 6.45) is 45.9. The number of carbonyl (C=O) groups excluding carboxylic acids is 1. The predicted octanol–water partition coefficient (Wildman–Crippen LogP) is 15.3. The molecule has 0 aromatic carbocycles. The molecule has 0 radical (unpaired) electrons. The Morgan fingerprint density at radius 1 is 0.395 bits per heavy atom. The monoisotopic (exact) mass is 1110 g/mol. The van der Waals surface area contributed by atoms with Crippen LogP contribution in [0.25, 0.3) is 0 Å². The Morgan fingerprint density at radius 3 is 1.05 bits per heavy atom. The molecule has 1 aliphatic rings. The quantitative estimate of drug-likeness (QED) is 0.0264. The van der Waals surface area contributed by atoms with Crippen molar-refractivity contribution in [1.82, 2.24) is 19.6 Å². The second-order valence-corrected chi connectivity index (χ2v) is 26.2. The number of rotatable bonds is 60. The van der Waals surface area contributed by atoms with Crippen molar-refractivity contribution in [1.29, 1.82) is 0 Å². The number of aliphatic hydroxyl groups is 4. The van der Waals surface area contributed by atoms with Crippen LogP contribution < -0.4 is 0 Å². The standard InChI is InChI=1S/C64H130N4O6S2/c1-5-9-13-17-21-23-25-27-31-35-42-62(71)58-68(59-63(72)43-36-32-28-26-24-22-18-14-10-6-2)46-39-44-64(73)74-53-51-65-47-49-66(50-48-65)52-55-76-75-54-38-37-45-67(56-60(69)40-33-29-19-15-11-7-3)57-61(70)41-34-30-20-16-12-8-4/h60-63,69-72H,5-59H2,1-4H3. The summed E-state index contributed by atoms with van der Waals surface area (Å²) in [5.41, 5.74) is 0. The Labute approximate surface area is 480 Å². The lowest BCUT2D eigenvalue weighted by molar-refractivity contribution is -0.144. The molecule has 1 rings (SSSR count). The molecule has 4 atom stereocenters. The first-order valence-corrected chi connectivity index (χ1v) is 35.7. The Morgan fingerprint density at radius 2 is 0.697 bits per heavy atom. The zero-order valence-electron chi connectivity index (χ0n) is 50.9. The summed E-state index contributed by atoms with van der Waals surface area (Å²) in [6.45, 7) is 19.6. The van der Waals surface area contributed by atoms with E-state index < -0.39 is 12.2 Å². The molecular formula is C64H130N4O6S2. The number of hydrogen-bond donors (Lipinski definition) is 4. The van der Waals surface area contributed by atoms with E-state index in [9.17, 15) is 25.2 Å². The summed E-state index contributed by atoms with van der Waals surface area (Å²) in [5.74, 6) is 2.12. The summed E-state index contributed by atoms with van der Waals surface area (Å²) in [4.78, 5) is 22.4. The molecule has 0 aromatic rings. The van der Waals surface area contributed by atoms with E-state index in [-0.39, 0.29) is 18.2 Å². The van der Waals surface area contributed by atoms with Gasteiger partial charge < -0.3 is 25.2 Å². The van der Waals surface area contributed by atoms with Crippen LogP contribution in [0.15, 0.2) is 0 Å². The largest absolute Gasteiger partial charge is 0.464 e. The fourth-order valence-corrected chi connectivity index (χ4v) is 13.1. The fourth-order valence-electron chi connectivity index (χ4n) is 11.0. The molecule has 76 heavy (non-hydrogen) atoms. The Balaban J connectivity index is 2.34. The number of carbonyl (C=O) groups is 1. The van der Waals surface area contributed by atoms with Gasteiger partial charge in [0.15, 0.2) is 0 Å². The average molecular weight is 1120 g/mol. The van der Waals surface area contributed by atoms with Crippen LogP contribution >= 0.6 is 21.6 Å². The van der Waals surface area contributed by atoms with Gasteiger partial charge in [0.05, 0.1) is 24.4 Å². The van der Waals surface area contributed by atoms with E-state index >= 15 is 0 Å². The third-order valence-corrected chi connectivity index (χ3v) is 18.4. The van der Waals surface area contributed by atoms with Crippen molar-refractivity contribution >= 4 is 27.6 Å². The van der Waals surface area contributed by atoms with Crippen LogP contribution in [0.1, 0.15) is 285 Å². The topological polar surface area (TPSA) is 120 Å². The van der Waals surface area contributed by atoms with Crippen molar-refractivity contribution in [3.63, 3.8) is 0 Å². The number of unbranched alkanes of at least 4 members (excludes halogenated alkanes) is 29. The van der Waals surface area contributed by atoms with E-state index in [1.54, 1.807) is 0 Å². The van der Waals surface area contributed by atoms with Gasteiger partial charge in [-0.3, -0.25) is 24.4 Å².